The lowest BCUT2D eigenvalue weighted by molar-refractivity contribution is 0.498. The summed E-state index contributed by atoms with van der Waals surface area (Å²) in [6.07, 6.45) is 3.53. The van der Waals surface area contributed by atoms with E-state index in [9.17, 15) is 0 Å². The van der Waals surface area contributed by atoms with E-state index in [1.54, 1.807) is 0 Å². The van der Waals surface area contributed by atoms with Gasteiger partial charge in [0.25, 0.3) is 0 Å². The first-order valence-corrected chi connectivity index (χ1v) is 8.11. The Hall–Kier alpha value is -1.12. The lowest BCUT2D eigenvalue weighted by atomic mass is 9.99. The lowest BCUT2D eigenvalue weighted by Crippen LogP contribution is -2.21. The lowest BCUT2D eigenvalue weighted by Gasteiger charge is -2.18. The van der Waals surface area contributed by atoms with Crippen molar-refractivity contribution in [1.82, 2.24) is 5.32 Å². The zero-order valence-corrected chi connectivity index (χ0v) is 13.6. The number of hydrogen-bond acceptors (Lipinski definition) is 1. The summed E-state index contributed by atoms with van der Waals surface area (Å²) in [5, 5.41) is 3.59. The zero-order valence-electron chi connectivity index (χ0n) is 12.0. The number of rotatable bonds is 7. The molecule has 106 valence electrons. The Morgan fingerprint density at radius 1 is 1.00 bits per heavy atom. The Labute approximate surface area is 130 Å². The molecule has 1 atom stereocenters. The predicted molar refractivity (Wildman–Crippen MR) is 89.9 cm³/mol. The Balaban J connectivity index is 1.90. The maximum absolute atomic E-state index is 3.59. The van der Waals surface area contributed by atoms with Gasteiger partial charge in [-0.05, 0) is 49.1 Å². The van der Waals surface area contributed by atoms with Crippen LogP contribution in [0.25, 0.3) is 0 Å². The zero-order chi connectivity index (χ0) is 14.2. The molecule has 2 rings (SSSR count). The van der Waals surface area contributed by atoms with Crippen molar-refractivity contribution in [2.45, 2.75) is 32.2 Å². The average Bonchev–Trinajstić information content (AvgIpc) is 2.48. The van der Waals surface area contributed by atoms with Crippen molar-refractivity contribution in [1.29, 1.82) is 0 Å². The molecule has 0 aliphatic carbocycles. The second-order valence-electron chi connectivity index (χ2n) is 5.04. The molecule has 0 heterocycles. The highest BCUT2D eigenvalue weighted by Crippen LogP contribution is 2.21. The van der Waals surface area contributed by atoms with Crippen LogP contribution in [0, 0.1) is 0 Å². The molecule has 0 bridgehead atoms. The molecule has 0 radical (unpaired) electrons. The highest BCUT2D eigenvalue weighted by molar-refractivity contribution is 9.10. The van der Waals surface area contributed by atoms with E-state index in [2.05, 4.69) is 82.8 Å². The van der Waals surface area contributed by atoms with Gasteiger partial charge in [0.15, 0.2) is 0 Å². The summed E-state index contributed by atoms with van der Waals surface area (Å²) >= 11 is 3.50. The van der Waals surface area contributed by atoms with Crippen molar-refractivity contribution in [3.05, 3.63) is 70.2 Å². The van der Waals surface area contributed by atoms with Crippen LogP contribution in [0.3, 0.4) is 0 Å². The first kappa shape index (κ1) is 15.3. The molecule has 20 heavy (non-hydrogen) atoms. The molecule has 1 N–H and O–H groups in total. The molecule has 0 amide bonds. The third-order valence-corrected chi connectivity index (χ3v) is 4.05. The predicted octanol–water partition coefficient (Wildman–Crippen LogP) is 5.12. The van der Waals surface area contributed by atoms with Crippen molar-refractivity contribution >= 4 is 15.9 Å². The molecule has 0 aromatic heterocycles. The molecule has 0 fully saturated rings. The van der Waals surface area contributed by atoms with Gasteiger partial charge in [-0.25, -0.2) is 0 Å². The van der Waals surface area contributed by atoms with Crippen molar-refractivity contribution in [3.8, 4) is 0 Å². The van der Waals surface area contributed by atoms with Gasteiger partial charge in [-0.2, -0.15) is 0 Å². The summed E-state index contributed by atoms with van der Waals surface area (Å²) in [6, 6.07) is 19.8. The first-order valence-electron chi connectivity index (χ1n) is 7.32. The largest absolute Gasteiger partial charge is 0.310 e. The van der Waals surface area contributed by atoms with Crippen LogP contribution in [0.4, 0.5) is 0 Å². The van der Waals surface area contributed by atoms with E-state index in [0.29, 0.717) is 6.04 Å². The van der Waals surface area contributed by atoms with E-state index in [0.717, 1.165) is 17.4 Å². The van der Waals surface area contributed by atoms with Gasteiger partial charge in [-0.1, -0.05) is 65.3 Å². The van der Waals surface area contributed by atoms with E-state index in [1.807, 2.05) is 0 Å². The fourth-order valence-electron chi connectivity index (χ4n) is 2.48. The maximum atomic E-state index is 3.59. The van der Waals surface area contributed by atoms with Crippen LogP contribution in [0.5, 0.6) is 0 Å². The standard InChI is InChI=1S/C18H22BrN/c1-2-20-18(16-11-13-17(19)14-12-16)10-6-9-15-7-4-3-5-8-15/h3-5,7-8,11-14,18,20H,2,6,9-10H2,1H3. The van der Waals surface area contributed by atoms with E-state index in [-0.39, 0.29) is 0 Å². The Morgan fingerprint density at radius 3 is 2.35 bits per heavy atom. The van der Waals surface area contributed by atoms with E-state index < -0.39 is 0 Å². The second kappa shape index (κ2) is 8.23. The van der Waals surface area contributed by atoms with Gasteiger partial charge >= 0.3 is 0 Å². The van der Waals surface area contributed by atoms with Crippen LogP contribution in [0.15, 0.2) is 59.1 Å². The topological polar surface area (TPSA) is 12.0 Å². The van der Waals surface area contributed by atoms with Crippen LogP contribution in [0.1, 0.15) is 36.9 Å². The molecule has 2 aromatic carbocycles. The SMILES string of the molecule is CCNC(CCCc1ccccc1)c1ccc(Br)cc1. The number of nitrogens with one attached hydrogen (secondary N) is 1. The number of aryl methyl sites for hydroxylation is 1. The van der Waals surface area contributed by atoms with Crippen LogP contribution in [-0.2, 0) is 6.42 Å². The van der Waals surface area contributed by atoms with Crippen LogP contribution >= 0.6 is 15.9 Å². The van der Waals surface area contributed by atoms with Crippen molar-refractivity contribution in [2.75, 3.05) is 6.54 Å². The van der Waals surface area contributed by atoms with Crippen molar-refractivity contribution in [3.63, 3.8) is 0 Å². The second-order valence-corrected chi connectivity index (χ2v) is 5.96. The quantitative estimate of drug-likeness (QED) is 0.742. The van der Waals surface area contributed by atoms with Crippen LogP contribution in [-0.4, -0.2) is 6.54 Å². The highest BCUT2D eigenvalue weighted by Gasteiger charge is 2.09. The Kier molecular flexibility index (Phi) is 6.28. The third kappa shape index (κ3) is 4.77. The summed E-state index contributed by atoms with van der Waals surface area (Å²) in [4.78, 5) is 0. The van der Waals surface area contributed by atoms with Crippen LogP contribution < -0.4 is 5.32 Å². The molecule has 1 unspecified atom stereocenters. The minimum Gasteiger partial charge on any atom is -0.310 e. The first-order chi connectivity index (χ1) is 9.79. The van der Waals surface area contributed by atoms with E-state index in [1.165, 1.54) is 24.0 Å². The smallest absolute Gasteiger partial charge is 0.0320 e. The van der Waals surface area contributed by atoms with Gasteiger partial charge in [0.2, 0.25) is 0 Å². The average molecular weight is 332 g/mol. The Morgan fingerprint density at radius 2 is 1.70 bits per heavy atom. The van der Waals surface area contributed by atoms with Gasteiger partial charge in [0.05, 0.1) is 0 Å². The summed E-state index contributed by atoms with van der Waals surface area (Å²) in [7, 11) is 0. The fraction of sp³-hybridized carbons (Fsp3) is 0.333. The van der Waals surface area contributed by atoms with Gasteiger partial charge in [0, 0.05) is 10.5 Å². The summed E-state index contributed by atoms with van der Waals surface area (Å²) in [6.45, 7) is 3.18. The number of halogens is 1. The van der Waals surface area contributed by atoms with Crippen molar-refractivity contribution < 1.29 is 0 Å². The molecule has 0 saturated heterocycles. The molecule has 0 saturated carbocycles. The third-order valence-electron chi connectivity index (χ3n) is 3.52. The van der Waals surface area contributed by atoms with Crippen molar-refractivity contribution in [2.24, 2.45) is 0 Å². The van der Waals surface area contributed by atoms with Crippen LogP contribution in [0.2, 0.25) is 0 Å². The molecule has 1 nitrogen and oxygen atoms in total. The molecular weight excluding hydrogens is 310 g/mol. The number of benzene rings is 2. The van der Waals surface area contributed by atoms with Gasteiger partial charge < -0.3 is 5.32 Å². The van der Waals surface area contributed by atoms with Gasteiger partial charge in [-0.3, -0.25) is 0 Å². The van der Waals surface area contributed by atoms with E-state index >= 15 is 0 Å². The molecule has 0 aliphatic heterocycles. The number of hydrogen-bond donors (Lipinski definition) is 1. The molecule has 2 heteroatoms. The summed E-state index contributed by atoms with van der Waals surface area (Å²) < 4.78 is 1.14. The molecular formula is C18H22BrN. The maximum Gasteiger partial charge on any atom is 0.0320 e. The molecule has 2 aromatic rings. The summed E-state index contributed by atoms with van der Waals surface area (Å²) in [5.41, 5.74) is 2.81. The molecule has 0 spiro atoms. The minimum absolute atomic E-state index is 0.455. The normalized spacial score (nSPS) is 12.3. The van der Waals surface area contributed by atoms with E-state index in [4.69, 9.17) is 0 Å². The van der Waals surface area contributed by atoms with Gasteiger partial charge in [0.1, 0.15) is 0 Å². The molecule has 0 aliphatic rings. The minimum atomic E-state index is 0.455. The monoisotopic (exact) mass is 331 g/mol. The highest BCUT2D eigenvalue weighted by atomic mass is 79.9. The van der Waals surface area contributed by atoms with Gasteiger partial charge in [-0.15, -0.1) is 0 Å². The fourth-order valence-corrected chi connectivity index (χ4v) is 2.75. The Bertz CT molecular complexity index is 493. The summed E-state index contributed by atoms with van der Waals surface area (Å²) in [5.74, 6) is 0.